The molecule has 104 valence electrons. The van der Waals surface area contributed by atoms with E-state index in [1.807, 2.05) is 24.3 Å². The van der Waals surface area contributed by atoms with Crippen LogP contribution in [0.4, 0.5) is 15.8 Å². The Morgan fingerprint density at radius 2 is 1.80 bits per heavy atom. The average molecular weight is 337 g/mol. The largest absolute Gasteiger partial charge is 0.381 e. The maximum absolute atomic E-state index is 13.0. The fourth-order valence-corrected chi connectivity index (χ4v) is 2.23. The minimum atomic E-state index is -0.264. The lowest BCUT2D eigenvalue weighted by Gasteiger charge is -2.09. The molecular weight excluding hydrogens is 323 g/mol. The van der Waals surface area contributed by atoms with Gasteiger partial charge in [0.15, 0.2) is 0 Å². The quantitative estimate of drug-likeness (QED) is 0.880. The Morgan fingerprint density at radius 1 is 1.15 bits per heavy atom. The number of anilines is 2. The van der Waals surface area contributed by atoms with Gasteiger partial charge in [0, 0.05) is 29.3 Å². The highest BCUT2D eigenvalue weighted by Crippen LogP contribution is 2.20. The van der Waals surface area contributed by atoms with Crippen molar-refractivity contribution < 1.29 is 9.18 Å². The number of hydrogen-bond donors (Lipinski definition) is 2. The van der Waals surface area contributed by atoms with Crippen molar-refractivity contribution in [1.29, 1.82) is 0 Å². The first-order chi connectivity index (χ1) is 9.54. The third-order valence-corrected chi connectivity index (χ3v) is 3.44. The Kier molecular flexibility index (Phi) is 4.74. The summed E-state index contributed by atoms with van der Waals surface area (Å²) in [6, 6.07) is 12.0. The van der Waals surface area contributed by atoms with Crippen molar-refractivity contribution in [2.45, 2.75) is 13.5 Å². The van der Waals surface area contributed by atoms with Crippen LogP contribution in [0.3, 0.4) is 0 Å². The molecule has 0 saturated heterocycles. The molecule has 1 amide bonds. The Bertz CT molecular complexity index is 614. The summed E-state index contributed by atoms with van der Waals surface area (Å²) in [5, 5.41) is 5.94. The summed E-state index contributed by atoms with van der Waals surface area (Å²) in [6.07, 6.45) is 0. The van der Waals surface area contributed by atoms with E-state index >= 15 is 0 Å². The third-order valence-electron chi connectivity index (χ3n) is 2.70. The lowest BCUT2D eigenvalue weighted by Crippen LogP contribution is -2.05. The van der Waals surface area contributed by atoms with Crippen molar-refractivity contribution in [3.05, 3.63) is 58.3 Å². The SMILES string of the molecule is CC(=O)Nc1ccc(NCc2ccc(F)cc2Br)cc1. The summed E-state index contributed by atoms with van der Waals surface area (Å²) in [7, 11) is 0. The number of benzene rings is 2. The standard InChI is InChI=1S/C15H14BrFN2O/c1-10(20)19-14-6-4-13(5-7-14)18-9-11-2-3-12(17)8-15(11)16/h2-8,18H,9H2,1H3,(H,19,20). The highest BCUT2D eigenvalue weighted by Gasteiger charge is 2.02. The van der Waals surface area contributed by atoms with Gasteiger partial charge in [0.05, 0.1) is 0 Å². The van der Waals surface area contributed by atoms with Gasteiger partial charge in [0.25, 0.3) is 0 Å². The summed E-state index contributed by atoms with van der Waals surface area (Å²) in [6.45, 7) is 2.05. The van der Waals surface area contributed by atoms with Gasteiger partial charge in [-0.25, -0.2) is 4.39 Å². The predicted octanol–water partition coefficient (Wildman–Crippen LogP) is 4.16. The number of carbonyl (C=O) groups excluding carboxylic acids is 1. The van der Waals surface area contributed by atoms with Crippen LogP contribution in [0.2, 0.25) is 0 Å². The van der Waals surface area contributed by atoms with Crippen molar-refractivity contribution in [2.24, 2.45) is 0 Å². The van der Waals surface area contributed by atoms with Gasteiger partial charge >= 0.3 is 0 Å². The van der Waals surface area contributed by atoms with E-state index < -0.39 is 0 Å². The molecule has 0 saturated carbocycles. The van der Waals surface area contributed by atoms with Gasteiger partial charge in [-0.1, -0.05) is 22.0 Å². The molecule has 0 aliphatic heterocycles. The van der Waals surface area contributed by atoms with E-state index in [4.69, 9.17) is 0 Å². The van der Waals surface area contributed by atoms with E-state index in [2.05, 4.69) is 26.6 Å². The zero-order chi connectivity index (χ0) is 14.5. The van der Waals surface area contributed by atoms with Crippen LogP contribution in [0.5, 0.6) is 0 Å². The number of nitrogens with one attached hydrogen (secondary N) is 2. The van der Waals surface area contributed by atoms with Crippen LogP contribution in [-0.2, 0) is 11.3 Å². The second kappa shape index (κ2) is 6.52. The van der Waals surface area contributed by atoms with E-state index in [-0.39, 0.29) is 11.7 Å². The van der Waals surface area contributed by atoms with Crippen molar-refractivity contribution in [3.8, 4) is 0 Å². The monoisotopic (exact) mass is 336 g/mol. The van der Waals surface area contributed by atoms with Crippen LogP contribution in [0.15, 0.2) is 46.9 Å². The van der Waals surface area contributed by atoms with E-state index in [9.17, 15) is 9.18 Å². The molecule has 0 aromatic heterocycles. The molecule has 2 rings (SSSR count). The summed E-state index contributed by atoms with van der Waals surface area (Å²) in [5.41, 5.74) is 2.65. The maximum atomic E-state index is 13.0. The first-order valence-electron chi connectivity index (χ1n) is 6.10. The van der Waals surface area contributed by atoms with Crippen LogP contribution in [0, 0.1) is 5.82 Å². The number of rotatable bonds is 4. The molecule has 3 nitrogen and oxygen atoms in total. The predicted molar refractivity (Wildman–Crippen MR) is 82.2 cm³/mol. The number of carbonyl (C=O) groups is 1. The first-order valence-corrected chi connectivity index (χ1v) is 6.89. The second-order valence-corrected chi connectivity index (χ2v) is 5.20. The van der Waals surface area contributed by atoms with Gasteiger partial charge in [0.2, 0.25) is 5.91 Å². The molecule has 0 atom stereocenters. The first kappa shape index (κ1) is 14.5. The number of amides is 1. The molecule has 2 aromatic rings. The molecule has 5 heteroatoms. The molecule has 2 N–H and O–H groups in total. The molecule has 0 radical (unpaired) electrons. The average Bonchev–Trinajstić information content (AvgIpc) is 2.39. The molecule has 0 aliphatic carbocycles. The minimum absolute atomic E-state index is 0.0963. The maximum Gasteiger partial charge on any atom is 0.221 e. The van der Waals surface area contributed by atoms with E-state index in [0.717, 1.165) is 21.4 Å². The van der Waals surface area contributed by atoms with Gasteiger partial charge in [0.1, 0.15) is 5.82 Å². The van der Waals surface area contributed by atoms with Crippen molar-refractivity contribution in [2.75, 3.05) is 10.6 Å². The normalized spacial score (nSPS) is 10.2. The second-order valence-electron chi connectivity index (χ2n) is 4.35. The van der Waals surface area contributed by atoms with Crippen molar-refractivity contribution in [1.82, 2.24) is 0 Å². The van der Waals surface area contributed by atoms with Gasteiger partial charge in [-0.15, -0.1) is 0 Å². The van der Waals surface area contributed by atoms with Crippen LogP contribution < -0.4 is 10.6 Å². The van der Waals surface area contributed by atoms with Gasteiger partial charge in [-0.2, -0.15) is 0 Å². The highest BCUT2D eigenvalue weighted by molar-refractivity contribution is 9.10. The molecule has 0 aliphatic rings. The number of hydrogen-bond acceptors (Lipinski definition) is 2. The third kappa shape index (κ3) is 4.06. The van der Waals surface area contributed by atoms with Gasteiger partial charge < -0.3 is 10.6 Å². The molecule has 2 aromatic carbocycles. The van der Waals surface area contributed by atoms with Crippen LogP contribution >= 0.6 is 15.9 Å². The lowest BCUT2D eigenvalue weighted by atomic mass is 10.2. The van der Waals surface area contributed by atoms with Crippen molar-refractivity contribution >= 4 is 33.2 Å². The number of halogens is 2. The highest BCUT2D eigenvalue weighted by atomic mass is 79.9. The summed E-state index contributed by atoms with van der Waals surface area (Å²) >= 11 is 3.33. The van der Waals surface area contributed by atoms with Crippen molar-refractivity contribution in [3.63, 3.8) is 0 Å². The summed E-state index contributed by atoms with van der Waals surface area (Å²) in [5.74, 6) is -0.360. The van der Waals surface area contributed by atoms with Crippen LogP contribution in [0.25, 0.3) is 0 Å². The molecule has 0 spiro atoms. The fourth-order valence-electron chi connectivity index (χ4n) is 1.74. The summed E-state index contributed by atoms with van der Waals surface area (Å²) in [4.78, 5) is 10.9. The Labute approximate surface area is 125 Å². The van der Waals surface area contributed by atoms with E-state index in [1.165, 1.54) is 19.1 Å². The molecule has 0 unspecified atom stereocenters. The smallest absolute Gasteiger partial charge is 0.221 e. The fraction of sp³-hybridized carbons (Fsp3) is 0.133. The van der Waals surface area contributed by atoms with Gasteiger partial charge in [-0.05, 0) is 42.0 Å². The zero-order valence-electron chi connectivity index (χ0n) is 10.9. The van der Waals surface area contributed by atoms with E-state index in [0.29, 0.717) is 6.54 Å². The minimum Gasteiger partial charge on any atom is -0.381 e. The zero-order valence-corrected chi connectivity index (χ0v) is 12.5. The molecule has 0 heterocycles. The van der Waals surface area contributed by atoms with Crippen LogP contribution in [-0.4, -0.2) is 5.91 Å². The molecule has 20 heavy (non-hydrogen) atoms. The Hall–Kier alpha value is -1.88. The lowest BCUT2D eigenvalue weighted by molar-refractivity contribution is -0.114. The van der Waals surface area contributed by atoms with Crippen LogP contribution in [0.1, 0.15) is 12.5 Å². The molecule has 0 bridgehead atoms. The molecule has 0 fully saturated rings. The Balaban J connectivity index is 1.98. The Morgan fingerprint density at radius 3 is 2.40 bits per heavy atom. The van der Waals surface area contributed by atoms with E-state index in [1.54, 1.807) is 6.07 Å². The topological polar surface area (TPSA) is 41.1 Å². The van der Waals surface area contributed by atoms with Gasteiger partial charge in [-0.3, -0.25) is 4.79 Å². The molecular formula is C15H14BrFN2O. The summed E-state index contributed by atoms with van der Waals surface area (Å²) < 4.78 is 13.7.